The number of hydrogen-bond donors (Lipinski definition) is 0. The van der Waals surface area contributed by atoms with Crippen LogP contribution in [0.15, 0.2) is 0 Å². The van der Waals surface area contributed by atoms with Crippen molar-refractivity contribution in [1.29, 1.82) is 0 Å². The van der Waals surface area contributed by atoms with Gasteiger partial charge in [0.15, 0.2) is 0 Å². The minimum absolute atomic E-state index is 0.109. The quantitative estimate of drug-likeness (QED) is 0.227. The Hall–Kier alpha value is -0.570. The summed E-state index contributed by atoms with van der Waals surface area (Å²) >= 11 is 0. The van der Waals surface area contributed by atoms with Crippen LogP contribution < -0.4 is 0 Å². The number of rotatable bonds is 18. The van der Waals surface area contributed by atoms with Gasteiger partial charge in [-0.15, -0.1) is 0 Å². The molecule has 0 spiro atoms. The van der Waals surface area contributed by atoms with Crippen molar-refractivity contribution < 1.29 is 9.53 Å². The predicted octanol–water partition coefficient (Wildman–Crippen LogP) is 5.96. The predicted molar refractivity (Wildman–Crippen MR) is 104 cm³/mol. The molecule has 3 nitrogen and oxygen atoms in total. The van der Waals surface area contributed by atoms with E-state index in [-0.39, 0.29) is 5.97 Å². The molecule has 0 aromatic carbocycles. The Kier molecular flexibility index (Phi) is 18.3. The average Bonchev–Trinajstić information content (AvgIpc) is 2.59. The maximum atomic E-state index is 11.1. The Balaban J connectivity index is 3.13. The highest BCUT2D eigenvalue weighted by molar-refractivity contribution is 5.69. The molecular weight excluding hydrogens is 298 g/mol. The highest BCUT2D eigenvalue weighted by Gasteiger charge is 2.03. The van der Waals surface area contributed by atoms with E-state index in [2.05, 4.69) is 23.6 Å². The monoisotopic (exact) mass is 341 g/mol. The van der Waals surface area contributed by atoms with E-state index in [0.29, 0.717) is 6.42 Å². The third kappa shape index (κ3) is 17.8. The second-order valence-electron chi connectivity index (χ2n) is 7.23. The van der Waals surface area contributed by atoms with Gasteiger partial charge in [0.05, 0.1) is 13.5 Å². The first-order valence-electron chi connectivity index (χ1n) is 10.5. The van der Waals surface area contributed by atoms with Crippen LogP contribution >= 0.6 is 0 Å². The molecule has 0 saturated carbocycles. The molecule has 0 bridgehead atoms. The lowest BCUT2D eigenvalue weighted by atomic mass is 10.0. The van der Waals surface area contributed by atoms with Gasteiger partial charge in [-0.3, -0.25) is 4.79 Å². The molecule has 0 fully saturated rings. The fourth-order valence-corrected chi connectivity index (χ4v) is 3.07. The summed E-state index contributed by atoms with van der Waals surface area (Å²) in [7, 11) is 3.54. The number of nitrogens with zero attached hydrogens (tertiary/aromatic N) is 1. The highest BCUT2D eigenvalue weighted by atomic mass is 16.5. The first kappa shape index (κ1) is 23.4. The topological polar surface area (TPSA) is 29.5 Å². The zero-order valence-electron chi connectivity index (χ0n) is 16.8. The lowest BCUT2D eigenvalue weighted by Crippen LogP contribution is -2.23. The van der Waals surface area contributed by atoms with Gasteiger partial charge in [0.1, 0.15) is 0 Å². The molecule has 0 aromatic heterocycles. The van der Waals surface area contributed by atoms with Crippen LogP contribution in [-0.4, -0.2) is 38.1 Å². The Bertz CT molecular complexity index is 269. The van der Waals surface area contributed by atoms with Crippen molar-refractivity contribution in [3.8, 4) is 0 Å². The lowest BCUT2D eigenvalue weighted by molar-refractivity contribution is -0.140. The summed E-state index contributed by atoms with van der Waals surface area (Å²) in [6.45, 7) is 4.18. The number of ether oxygens (including phenoxy) is 1. The van der Waals surface area contributed by atoms with Gasteiger partial charge in [-0.05, 0) is 20.0 Å². The number of hydrogen-bond acceptors (Lipinski definition) is 3. The Morgan fingerprint density at radius 3 is 1.54 bits per heavy atom. The van der Waals surface area contributed by atoms with Crippen molar-refractivity contribution in [2.45, 2.75) is 103 Å². The summed E-state index contributed by atoms with van der Waals surface area (Å²) in [5.41, 5.74) is 0. The van der Waals surface area contributed by atoms with E-state index in [1.165, 1.54) is 97.0 Å². The van der Waals surface area contributed by atoms with Crippen LogP contribution in [0.1, 0.15) is 103 Å². The van der Waals surface area contributed by atoms with Gasteiger partial charge >= 0.3 is 5.97 Å². The third-order valence-corrected chi connectivity index (χ3v) is 4.82. The Morgan fingerprint density at radius 2 is 1.12 bits per heavy atom. The van der Waals surface area contributed by atoms with Crippen molar-refractivity contribution in [2.24, 2.45) is 0 Å². The molecule has 24 heavy (non-hydrogen) atoms. The van der Waals surface area contributed by atoms with Crippen LogP contribution in [0.4, 0.5) is 0 Å². The van der Waals surface area contributed by atoms with E-state index in [1.807, 2.05) is 0 Å². The maximum absolute atomic E-state index is 11.1. The van der Waals surface area contributed by atoms with E-state index < -0.39 is 0 Å². The molecule has 0 aliphatic heterocycles. The summed E-state index contributed by atoms with van der Waals surface area (Å²) < 4.78 is 4.66. The van der Waals surface area contributed by atoms with Crippen molar-refractivity contribution >= 4 is 5.97 Å². The van der Waals surface area contributed by atoms with Crippen molar-refractivity contribution in [2.75, 3.05) is 27.2 Å². The van der Waals surface area contributed by atoms with Gasteiger partial charge in [0, 0.05) is 6.54 Å². The molecule has 0 saturated heterocycles. The second kappa shape index (κ2) is 18.8. The number of esters is 1. The van der Waals surface area contributed by atoms with Crippen LogP contribution in [0.3, 0.4) is 0 Å². The molecule has 0 rings (SSSR count). The van der Waals surface area contributed by atoms with E-state index in [4.69, 9.17) is 0 Å². The van der Waals surface area contributed by atoms with Crippen molar-refractivity contribution in [3.63, 3.8) is 0 Å². The van der Waals surface area contributed by atoms with Crippen molar-refractivity contribution in [1.82, 2.24) is 4.90 Å². The molecule has 0 aromatic rings. The van der Waals surface area contributed by atoms with Crippen molar-refractivity contribution in [3.05, 3.63) is 0 Å². The lowest BCUT2D eigenvalue weighted by Gasteiger charge is -2.15. The van der Waals surface area contributed by atoms with Gasteiger partial charge < -0.3 is 9.64 Å². The molecule has 0 aliphatic rings. The summed E-state index contributed by atoms with van der Waals surface area (Å²) in [6, 6.07) is 0. The number of methoxy groups -OCH3 is 1. The minimum atomic E-state index is -0.109. The first-order chi connectivity index (χ1) is 11.7. The van der Waals surface area contributed by atoms with E-state index in [1.54, 1.807) is 0 Å². The van der Waals surface area contributed by atoms with Gasteiger partial charge in [-0.1, -0.05) is 90.4 Å². The molecule has 0 unspecified atom stereocenters. The van der Waals surface area contributed by atoms with Crippen LogP contribution in [0.5, 0.6) is 0 Å². The zero-order chi connectivity index (χ0) is 17.9. The second-order valence-corrected chi connectivity index (χ2v) is 7.23. The fourth-order valence-electron chi connectivity index (χ4n) is 3.07. The third-order valence-electron chi connectivity index (χ3n) is 4.82. The molecule has 0 N–H and O–H groups in total. The fraction of sp³-hybridized carbons (Fsp3) is 0.952. The molecule has 144 valence electrons. The molecule has 0 heterocycles. The molecular formula is C21H43NO2. The van der Waals surface area contributed by atoms with Crippen LogP contribution in [-0.2, 0) is 9.53 Å². The van der Waals surface area contributed by atoms with Crippen LogP contribution in [0.2, 0.25) is 0 Å². The average molecular weight is 342 g/mol. The smallest absolute Gasteiger partial charge is 0.306 e. The first-order valence-corrected chi connectivity index (χ1v) is 10.5. The number of unbranched alkanes of at least 4 members (excludes halogenated alkanes) is 13. The molecule has 0 radical (unpaired) electrons. The van der Waals surface area contributed by atoms with E-state index >= 15 is 0 Å². The molecule has 0 atom stereocenters. The molecule has 3 heteroatoms. The standard InChI is InChI=1S/C21H43NO2/c1-4-5-6-7-8-9-10-11-12-13-14-15-16-17-19-22(2)20-18-21(23)24-3/h4-20H2,1-3H3. The van der Waals surface area contributed by atoms with Crippen LogP contribution in [0, 0.1) is 0 Å². The zero-order valence-corrected chi connectivity index (χ0v) is 16.8. The maximum Gasteiger partial charge on any atom is 0.306 e. The van der Waals surface area contributed by atoms with Crippen LogP contribution in [0.25, 0.3) is 0 Å². The molecule has 0 aliphatic carbocycles. The number of carbonyl (C=O) groups is 1. The van der Waals surface area contributed by atoms with Gasteiger partial charge in [-0.25, -0.2) is 0 Å². The summed E-state index contributed by atoms with van der Waals surface area (Å²) in [6.07, 6.45) is 20.1. The van der Waals surface area contributed by atoms with E-state index in [0.717, 1.165) is 13.1 Å². The van der Waals surface area contributed by atoms with E-state index in [9.17, 15) is 4.79 Å². The normalized spacial score (nSPS) is 11.2. The van der Waals surface area contributed by atoms with Gasteiger partial charge in [-0.2, -0.15) is 0 Å². The Labute approximate surface area is 151 Å². The highest BCUT2D eigenvalue weighted by Crippen LogP contribution is 2.13. The summed E-state index contributed by atoms with van der Waals surface area (Å²) in [4.78, 5) is 13.3. The SMILES string of the molecule is CCCCCCCCCCCCCCCCN(C)CCC(=O)OC. The minimum Gasteiger partial charge on any atom is -0.469 e. The Morgan fingerprint density at radius 1 is 0.708 bits per heavy atom. The van der Waals surface area contributed by atoms with Gasteiger partial charge in [0.2, 0.25) is 0 Å². The number of carbonyl (C=O) groups excluding carboxylic acids is 1. The van der Waals surface area contributed by atoms with Gasteiger partial charge in [0.25, 0.3) is 0 Å². The largest absolute Gasteiger partial charge is 0.469 e. The molecule has 0 amide bonds. The summed E-state index contributed by atoms with van der Waals surface area (Å²) in [5, 5.41) is 0. The summed E-state index contributed by atoms with van der Waals surface area (Å²) in [5.74, 6) is -0.109.